The molecule has 0 aliphatic carbocycles. The predicted octanol–water partition coefficient (Wildman–Crippen LogP) is -0.447. The zero-order valence-corrected chi connectivity index (χ0v) is 10.5. The quantitative estimate of drug-likeness (QED) is 0.781. The Hall–Kier alpha value is -1.93. The number of aromatic amines is 1. The summed E-state index contributed by atoms with van der Waals surface area (Å²) in [6.45, 7) is 4.21. The molecule has 3 rings (SSSR count). The summed E-state index contributed by atoms with van der Waals surface area (Å²) in [5.41, 5.74) is 0.261. The first-order chi connectivity index (χ1) is 9.24. The van der Waals surface area contributed by atoms with Crippen LogP contribution in [0.4, 0.5) is 5.82 Å². The maximum atomic E-state index is 11.5. The Morgan fingerprint density at radius 1 is 1.58 bits per heavy atom. The van der Waals surface area contributed by atoms with Crippen molar-refractivity contribution in [1.82, 2.24) is 19.6 Å². The van der Waals surface area contributed by atoms with Crippen LogP contribution >= 0.6 is 0 Å². The highest BCUT2D eigenvalue weighted by molar-refractivity contribution is 5.49. The van der Waals surface area contributed by atoms with E-state index in [1.165, 1.54) is 4.40 Å². The number of fused-ring (bicyclic) bond motifs is 1. The van der Waals surface area contributed by atoms with Gasteiger partial charge in [-0.15, -0.1) is 0 Å². The van der Waals surface area contributed by atoms with Gasteiger partial charge in [-0.2, -0.15) is 5.10 Å². The molecule has 8 heteroatoms. The van der Waals surface area contributed by atoms with Crippen molar-refractivity contribution in [3.05, 3.63) is 22.4 Å². The van der Waals surface area contributed by atoms with Gasteiger partial charge in [0.25, 0.3) is 0 Å². The van der Waals surface area contributed by atoms with Crippen LogP contribution in [0.2, 0.25) is 0 Å². The van der Waals surface area contributed by atoms with E-state index < -0.39 is 0 Å². The van der Waals surface area contributed by atoms with Crippen LogP contribution in [0.25, 0.3) is 5.65 Å². The van der Waals surface area contributed by atoms with Gasteiger partial charge in [0.2, 0.25) is 0 Å². The number of aryl methyl sites for hydroxylation is 1. The number of anilines is 1. The summed E-state index contributed by atoms with van der Waals surface area (Å²) in [4.78, 5) is 15.8. The van der Waals surface area contributed by atoms with Crippen LogP contribution in [-0.4, -0.2) is 52.1 Å². The van der Waals surface area contributed by atoms with E-state index in [0.29, 0.717) is 43.7 Å². The van der Waals surface area contributed by atoms with Crippen molar-refractivity contribution in [1.29, 1.82) is 0 Å². The first-order valence-corrected chi connectivity index (χ1v) is 6.12. The molecular weight excluding hydrogens is 250 g/mol. The monoisotopic (exact) mass is 265 g/mol. The minimum Gasteiger partial charge on any atom is -0.376 e. The molecule has 1 fully saturated rings. The Kier molecular flexibility index (Phi) is 3.18. The normalized spacial score (nSPS) is 19.7. The number of hydrogen-bond donors (Lipinski definition) is 2. The fourth-order valence-corrected chi connectivity index (χ4v) is 2.06. The van der Waals surface area contributed by atoms with E-state index in [0.717, 1.165) is 0 Å². The predicted molar refractivity (Wildman–Crippen MR) is 67.4 cm³/mol. The van der Waals surface area contributed by atoms with Gasteiger partial charge in [-0.1, -0.05) is 0 Å². The van der Waals surface area contributed by atoms with Gasteiger partial charge in [-0.25, -0.2) is 19.3 Å². The number of nitrogens with zero attached hydrogens (tertiary/aromatic N) is 3. The second-order valence-corrected chi connectivity index (χ2v) is 4.36. The third kappa shape index (κ3) is 2.45. The first-order valence-electron chi connectivity index (χ1n) is 6.12. The Labute approximate surface area is 108 Å². The van der Waals surface area contributed by atoms with Crippen LogP contribution in [0.1, 0.15) is 5.82 Å². The van der Waals surface area contributed by atoms with Crippen molar-refractivity contribution in [3.8, 4) is 0 Å². The van der Waals surface area contributed by atoms with Crippen molar-refractivity contribution < 1.29 is 9.47 Å². The highest BCUT2D eigenvalue weighted by atomic mass is 16.6. The third-order valence-electron chi connectivity index (χ3n) is 2.97. The molecule has 0 radical (unpaired) electrons. The summed E-state index contributed by atoms with van der Waals surface area (Å²) in [7, 11) is 0. The molecule has 0 bridgehead atoms. The van der Waals surface area contributed by atoms with E-state index in [-0.39, 0.29) is 11.8 Å². The summed E-state index contributed by atoms with van der Waals surface area (Å²) in [6, 6.07) is 1.72. The number of aromatic nitrogens is 4. The molecule has 0 spiro atoms. The largest absolute Gasteiger partial charge is 0.376 e. The van der Waals surface area contributed by atoms with E-state index in [1.807, 2.05) is 0 Å². The second kappa shape index (κ2) is 4.98. The molecule has 0 saturated carbocycles. The molecule has 2 aromatic heterocycles. The molecule has 2 N–H and O–H groups in total. The van der Waals surface area contributed by atoms with Gasteiger partial charge in [0.15, 0.2) is 5.65 Å². The van der Waals surface area contributed by atoms with E-state index in [9.17, 15) is 4.79 Å². The van der Waals surface area contributed by atoms with Gasteiger partial charge in [-0.05, 0) is 6.92 Å². The first kappa shape index (κ1) is 12.1. The molecule has 1 atom stereocenters. The van der Waals surface area contributed by atoms with E-state index in [1.54, 1.807) is 13.0 Å². The zero-order valence-electron chi connectivity index (χ0n) is 10.5. The third-order valence-corrected chi connectivity index (χ3v) is 2.97. The number of rotatable bonds is 3. The lowest BCUT2D eigenvalue weighted by molar-refractivity contribution is -0.0819. The van der Waals surface area contributed by atoms with Gasteiger partial charge in [0, 0.05) is 12.6 Å². The SMILES string of the molecule is Cc1nc(NCC2COCCO2)cc2n[nH]c(=O)n12. The lowest BCUT2D eigenvalue weighted by Gasteiger charge is -2.23. The summed E-state index contributed by atoms with van der Waals surface area (Å²) in [6.07, 6.45) is 0.0217. The molecule has 1 aliphatic heterocycles. The Morgan fingerprint density at radius 2 is 2.47 bits per heavy atom. The molecule has 8 nitrogen and oxygen atoms in total. The lowest BCUT2D eigenvalue weighted by atomic mass is 10.3. The Balaban J connectivity index is 1.75. The van der Waals surface area contributed by atoms with Crippen molar-refractivity contribution >= 4 is 11.5 Å². The van der Waals surface area contributed by atoms with E-state index in [4.69, 9.17) is 9.47 Å². The molecule has 1 aliphatic rings. The van der Waals surface area contributed by atoms with Crippen LogP contribution in [0, 0.1) is 6.92 Å². The number of H-pyrrole nitrogens is 1. The smallest absolute Gasteiger partial charge is 0.349 e. The molecule has 19 heavy (non-hydrogen) atoms. The average molecular weight is 265 g/mol. The average Bonchev–Trinajstić information content (AvgIpc) is 2.80. The molecule has 0 aromatic carbocycles. The molecule has 2 aromatic rings. The fourth-order valence-electron chi connectivity index (χ4n) is 2.06. The van der Waals surface area contributed by atoms with Crippen LogP contribution in [0.15, 0.2) is 10.9 Å². The van der Waals surface area contributed by atoms with Gasteiger partial charge in [0.05, 0.1) is 25.9 Å². The number of nitrogens with one attached hydrogen (secondary N) is 2. The minimum absolute atomic E-state index is 0.0217. The maximum absolute atomic E-state index is 11.5. The lowest BCUT2D eigenvalue weighted by Crippen LogP contribution is -2.34. The van der Waals surface area contributed by atoms with Crippen molar-refractivity contribution in [2.75, 3.05) is 31.7 Å². The van der Waals surface area contributed by atoms with Crippen LogP contribution in [0.3, 0.4) is 0 Å². The van der Waals surface area contributed by atoms with Gasteiger partial charge < -0.3 is 14.8 Å². The highest BCUT2D eigenvalue weighted by Crippen LogP contribution is 2.09. The molecule has 0 amide bonds. The van der Waals surface area contributed by atoms with E-state index in [2.05, 4.69) is 20.5 Å². The Bertz CT molecular complexity index is 629. The molecule has 102 valence electrons. The highest BCUT2D eigenvalue weighted by Gasteiger charge is 2.14. The van der Waals surface area contributed by atoms with Gasteiger partial charge >= 0.3 is 5.69 Å². The van der Waals surface area contributed by atoms with Crippen molar-refractivity contribution in [2.24, 2.45) is 0 Å². The van der Waals surface area contributed by atoms with E-state index >= 15 is 0 Å². The summed E-state index contributed by atoms with van der Waals surface area (Å²) >= 11 is 0. The van der Waals surface area contributed by atoms with Crippen LogP contribution < -0.4 is 11.0 Å². The summed E-state index contributed by atoms with van der Waals surface area (Å²) < 4.78 is 12.3. The molecule has 1 saturated heterocycles. The molecular formula is C11H15N5O3. The number of hydrogen-bond acceptors (Lipinski definition) is 6. The van der Waals surface area contributed by atoms with Crippen LogP contribution in [0.5, 0.6) is 0 Å². The Morgan fingerprint density at radius 3 is 3.26 bits per heavy atom. The number of ether oxygens (including phenoxy) is 2. The van der Waals surface area contributed by atoms with Gasteiger partial charge in [0.1, 0.15) is 11.6 Å². The summed E-state index contributed by atoms with van der Waals surface area (Å²) in [5.74, 6) is 1.25. The van der Waals surface area contributed by atoms with Gasteiger partial charge in [-0.3, -0.25) is 0 Å². The molecule has 1 unspecified atom stereocenters. The van der Waals surface area contributed by atoms with Crippen LogP contribution in [-0.2, 0) is 9.47 Å². The maximum Gasteiger partial charge on any atom is 0.349 e. The standard InChI is InChI=1S/C11H15N5O3/c1-7-13-9(4-10-14-15-11(17)16(7)10)12-5-8-6-18-2-3-19-8/h4,8,12H,2-3,5-6H2,1H3,(H,15,17). The fraction of sp³-hybridized carbons (Fsp3) is 0.545. The zero-order chi connectivity index (χ0) is 13.2. The van der Waals surface area contributed by atoms with Crippen molar-refractivity contribution in [2.45, 2.75) is 13.0 Å². The molecule has 3 heterocycles. The minimum atomic E-state index is -0.282. The second-order valence-electron chi connectivity index (χ2n) is 4.36. The van der Waals surface area contributed by atoms with Crippen molar-refractivity contribution in [3.63, 3.8) is 0 Å². The summed E-state index contributed by atoms with van der Waals surface area (Å²) in [5, 5.41) is 9.49. The topological polar surface area (TPSA) is 93.5 Å².